The first kappa shape index (κ1) is 20.7. The number of imidazole rings is 1. The van der Waals surface area contributed by atoms with Gasteiger partial charge in [-0.25, -0.2) is 22.6 Å². The molecule has 8 nitrogen and oxygen atoms in total. The van der Waals surface area contributed by atoms with Crippen molar-refractivity contribution in [2.24, 2.45) is 0 Å². The van der Waals surface area contributed by atoms with E-state index in [0.717, 1.165) is 39.4 Å². The second-order valence-corrected chi connectivity index (χ2v) is 11.1. The van der Waals surface area contributed by atoms with Crippen molar-refractivity contribution in [2.75, 3.05) is 12.0 Å². The fraction of sp³-hybridized carbons (Fsp3) is 0.350. The Morgan fingerprint density at radius 1 is 1.07 bits per heavy atom. The van der Waals surface area contributed by atoms with Gasteiger partial charge in [0.1, 0.15) is 5.03 Å². The van der Waals surface area contributed by atoms with Gasteiger partial charge in [0, 0.05) is 23.5 Å². The van der Waals surface area contributed by atoms with Gasteiger partial charge in [-0.2, -0.15) is 10.2 Å². The molecule has 0 saturated heterocycles. The average Bonchev–Trinajstić information content (AvgIpc) is 3.30. The van der Waals surface area contributed by atoms with Crippen molar-refractivity contribution in [2.45, 2.75) is 44.5 Å². The lowest BCUT2D eigenvalue weighted by Crippen LogP contribution is -2.06. The number of benzene rings is 1. The molecule has 1 atom stereocenters. The van der Waals surface area contributed by atoms with Crippen LogP contribution in [0.3, 0.4) is 0 Å². The smallest absolute Gasteiger partial charge is 0.177 e. The van der Waals surface area contributed by atoms with Crippen molar-refractivity contribution in [1.29, 1.82) is 0 Å². The van der Waals surface area contributed by atoms with E-state index in [2.05, 4.69) is 23.9 Å². The van der Waals surface area contributed by atoms with E-state index in [4.69, 9.17) is 5.10 Å². The van der Waals surface area contributed by atoms with E-state index in [1.54, 1.807) is 10.9 Å². The number of fused-ring (bicyclic) bond motifs is 2. The zero-order valence-electron chi connectivity index (χ0n) is 17.7. The molecule has 1 aromatic carbocycles. The Hall–Kier alpha value is -2.59. The number of hydrogen-bond donors (Lipinski definition) is 0. The first-order chi connectivity index (χ1) is 14.0. The standard InChI is InChI=1S/C20H23N5O3S2/c1-7-29(26)20-18-13(4)11(2)12(3)14(5)19(18)23-25(20)17-10-24-16(22-17)8-15(9-21-24)30(6,27)28/h8-10H,7H2,1-6H3. The maximum absolute atomic E-state index is 13.1. The zero-order chi connectivity index (χ0) is 22.0. The Bertz CT molecular complexity index is 1470. The Morgan fingerprint density at radius 2 is 1.73 bits per heavy atom. The summed E-state index contributed by atoms with van der Waals surface area (Å²) in [5.74, 6) is 0.881. The highest BCUT2D eigenvalue weighted by atomic mass is 32.2. The SMILES string of the molecule is CCS(=O)c1c2c(C)c(C)c(C)c(C)c2nn1-c1cn2ncc(S(C)(=O)=O)cc2n1. The molecule has 10 heteroatoms. The molecule has 4 aromatic rings. The van der Waals surface area contributed by atoms with Crippen molar-refractivity contribution < 1.29 is 12.6 Å². The minimum Gasteiger partial charge on any atom is -0.253 e. The molecule has 0 radical (unpaired) electrons. The van der Waals surface area contributed by atoms with Crippen LogP contribution in [0.1, 0.15) is 29.2 Å². The normalized spacial score (nSPS) is 13.4. The molecule has 1 unspecified atom stereocenters. The molecule has 0 fully saturated rings. The molecule has 0 bridgehead atoms. The van der Waals surface area contributed by atoms with Crippen LogP contribution in [0.4, 0.5) is 0 Å². The van der Waals surface area contributed by atoms with Crippen molar-refractivity contribution in [3.8, 4) is 5.82 Å². The van der Waals surface area contributed by atoms with Gasteiger partial charge in [-0.1, -0.05) is 6.92 Å². The van der Waals surface area contributed by atoms with Crippen LogP contribution in [-0.4, -0.2) is 49.0 Å². The summed E-state index contributed by atoms with van der Waals surface area (Å²) < 4.78 is 39.9. The lowest BCUT2D eigenvalue weighted by molar-refractivity contribution is 0.601. The first-order valence-electron chi connectivity index (χ1n) is 9.48. The highest BCUT2D eigenvalue weighted by molar-refractivity contribution is 7.90. The van der Waals surface area contributed by atoms with E-state index in [1.165, 1.54) is 16.8 Å². The molecule has 3 heterocycles. The highest BCUT2D eigenvalue weighted by Gasteiger charge is 2.24. The molecule has 0 aliphatic carbocycles. The number of sulfone groups is 1. The minimum absolute atomic E-state index is 0.0908. The number of nitrogens with zero attached hydrogens (tertiary/aromatic N) is 5. The Balaban J connectivity index is 2.07. The summed E-state index contributed by atoms with van der Waals surface area (Å²) in [5.41, 5.74) is 5.59. The van der Waals surface area contributed by atoms with E-state index in [1.807, 2.05) is 20.8 Å². The van der Waals surface area contributed by atoms with E-state index >= 15 is 0 Å². The number of aryl methyl sites for hydroxylation is 2. The quantitative estimate of drug-likeness (QED) is 0.479. The van der Waals surface area contributed by atoms with Crippen LogP contribution in [0.2, 0.25) is 0 Å². The van der Waals surface area contributed by atoms with Crippen molar-refractivity contribution in [3.05, 3.63) is 40.7 Å². The summed E-state index contributed by atoms with van der Waals surface area (Å²) in [7, 11) is -4.69. The van der Waals surface area contributed by atoms with E-state index < -0.39 is 20.6 Å². The van der Waals surface area contributed by atoms with E-state index in [-0.39, 0.29) is 4.90 Å². The lowest BCUT2D eigenvalue weighted by atomic mass is 9.96. The Kier molecular flexibility index (Phi) is 4.81. The summed E-state index contributed by atoms with van der Waals surface area (Å²) in [6.07, 6.45) is 4.08. The molecule has 30 heavy (non-hydrogen) atoms. The van der Waals surface area contributed by atoms with Crippen LogP contribution in [0, 0.1) is 27.7 Å². The molecule has 0 amide bonds. The summed E-state index contributed by atoms with van der Waals surface area (Å²) >= 11 is 0. The molecular weight excluding hydrogens is 422 g/mol. The molecule has 0 N–H and O–H groups in total. The van der Waals surface area contributed by atoms with E-state index in [9.17, 15) is 12.6 Å². The number of rotatable bonds is 4. The second kappa shape index (κ2) is 6.98. The topological polar surface area (TPSA) is 99.2 Å². The lowest BCUT2D eigenvalue weighted by Gasteiger charge is -2.10. The number of aromatic nitrogens is 5. The van der Waals surface area contributed by atoms with Gasteiger partial charge < -0.3 is 0 Å². The molecule has 0 spiro atoms. The molecule has 0 saturated carbocycles. The fourth-order valence-corrected chi connectivity index (χ4v) is 5.22. The van der Waals surface area contributed by atoms with Gasteiger partial charge in [0.2, 0.25) is 0 Å². The van der Waals surface area contributed by atoms with Crippen LogP contribution >= 0.6 is 0 Å². The maximum Gasteiger partial charge on any atom is 0.177 e. The summed E-state index contributed by atoms with van der Waals surface area (Å²) in [4.78, 5) is 4.63. The number of hydrogen-bond acceptors (Lipinski definition) is 6. The van der Waals surface area contributed by atoms with Gasteiger partial charge in [-0.3, -0.25) is 4.21 Å². The molecule has 4 rings (SSSR count). The second-order valence-electron chi connectivity index (χ2n) is 7.44. The zero-order valence-corrected chi connectivity index (χ0v) is 19.3. The van der Waals surface area contributed by atoms with Crippen LogP contribution in [-0.2, 0) is 20.6 Å². The average molecular weight is 446 g/mol. The van der Waals surface area contributed by atoms with Gasteiger partial charge in [0.15, 0.2) is 21.3 Å². The maximum atomic E-state index is 13.1. The Morgan fingerprint density at radius 3 is 2.37 bits per heavy atom. The largest absolute Gasteiger partial charge is 0.253 e. The Labute approximate surface area is 177 Å². The van der Waals surface area contributed by atoms with Gasteiger partial charge in [-0.15, -0.1) is 0 Å². The van der Waals surface area contributed by atoms with Crippen molar-refractivity contribution in [3.63, 3.8) is 0 Å². The monoisotopic (exact) mass is 445 g/mol. The van der Waals surface area contributed by atoms with Crippen LogP contribution < -0.4 is 0 Å². The summed E-state index contributed by atoms with van der Waals surface area (Å²) in [6.45, 7) is 10.0. The molecular formula is C20H23N5O3S2. The molecule has 0 aliphatic heterocycles. The minimum atomic E-state index is -3.40. The van der Waals surface area contributed by atoms with Gasteiger partial charge >= 0.3 is 0 Å². The summed E-state index contributed by atoms with van der Waals surface area (Å²) in [5, 5.41) is 10.4. The fourth-order valence-electron chi connectivity index (χ4n) is 3.59. The predicted octanol–water partition coefficient (Wildman–Crippen LogP) is 2.83. The molecule has 0 aliphatic rings. The first-order valence-corrected chi connectivity index (χ1v) is 12.7. The summed E-state index contributed by atoms with van der Waals surface area (Å²) in [6, 6.07) is 1.47. The highest BCUT2D eigenvalue weighted by Crippen LogP contribution is 2.34. The molecule has 158 valence electrons. The third-order valence-corrected chi connectivity index (χ3v) is 8.08. The van der Waals surface area contributed by atoms with E-state index in [0.29, 0.717) is 22.2 Å². The van der Waals surface area contributed by atoms with Crippen molar-refractivity contribution in [1.82, 2.24) is 24.4 Å². The predicted molar refractivity (Wildman–Crippen MR) is 117 cm³/mol. The van der Waals surface area contributed by atoms with Crippen LogP contribution in [0.15, 0.2) is 28.4 Å². The third-order valence-electron chi connectivity index (χ3n) is 5.67. The van der Waals surface area contributed by atoms with Crippen LogP contribution in [0.25, 0.3) is 22.4 Å². The molecule has 3 aromatic heterocycles. The van der Waals surface area contributed by atoms with Gasteiger partial charge in [0.25, 0.3) is 0 Å². The van der Waals surface area contributed by atoms with Gasteiger partial charge in [-0.05, 0) is 49.9 Å². The van der Waals surface area contributed by atoms with Gasteiger partial charge in [0.05, 0.1) is 33.6 Å². The van der Waals surface area contributed by atoms with Crippen molar-refractivity contribution >= 4 is 37.2 Å². The third kappa shape index (κ3) is 3.05. The van der Waals surface area contributed by atoms with Crippen LogP contribution in [0.5, 0.6) is 0 Å².